The van der Waals surface area contributed by atoms with Gasteiger partial charge < -0.3 is 10.4 Å². The summed E-state index contributed by atoms with van der Waals surface area (Å²) < 4.78 is 1.34. The van der Waals surface area contributed by atoms with Gasteiger partial charge in [0.25, 0.3) is 5.56 Å². The van der Waals surface area contributed by atoms with Gasteiger partial charge in [-0.25, -0.2) is 4.98 Å². The predicted octanol–water partition coefficient (Wildman–Crippen LogP) is 1.55. The number of rotatable bonds is 4. The average molecular weight is 291 g/mol. The SMILES string of the molecule is CCCCNC=O.Cc1ccn2c(=O)c(C)cnc2c1O. The number of unbranched alkanes of at least 4 members (excludes halogenated alkanes) is 1. The van der Waals surface area contributed by atoms with E-state index in [4.69, 9.17) is 0 Å². The molecule has 0 aliphatic rings. The number of aromatic nitrogens is 2. The van der Waals surface area contributed by atoms with Crippen LogP contribution in [0.25, 0.3) is 5.65 Å². The molecule has 114 valence electrons. The van der Waals surface area contributed by atoms with E-state index in [2.05, 4.69) is 17.2 Å². The van der Waals surface area contributed by atoms with Crippen LogP contribution in [-0.2, 0) is 4.79 Å². The van der Waals surface area contributed by atoms with Crippen molar-refractivity contribution in [3.8, 4) is 5.75 Å². The molecule has 0 unspecified atom stereocenters. The van der Waals surface area contributed by atoms with Gasteiger partial charge in [-0.3, -0.25) is 14.0 Å². The third kappa shape index (κ3) is 4.30. The molecule has 2 heterocycles. The molecule has 21 heavy (non-hydrogen) atoms. The highest BCUT2D eigenvalue weighted by Gasteiger charge is 2.06. The summed E-state index contributed by atoms with van der Waals surface area (Å²) in [6, 6.07) is 1.69. The molecule has 6 heteroatoms. The largest absolute Gasteiger partial charge is 0.504 e. The maximum absolute atomic E-state index is 11.6. The molecule has 0 saturated heterocycles. The Balaban J connectivity index is 0.000000270. The number of nitrogens with one attached hydrogen (secondary N) is 1. The maximum Gasteiger partial charge on any atom is 0.260 e. The first-order valence-electron chi connectivity index (χ1n) is 6.86. The van der Waals surface area contributed by atoms with Crippen LogP contribution in [0.1, 0.15) is 30.9 Å². The minimum atomic E-state index is -0.148. The lowest BCUT2D eigenvalue weighted by atomic mass is 10.2. The van der Waals surface area contributed by atoms with Gasteiger partial charge in [0.05, 0.1) is 0 Å². The molecule has 0 aromatic carbocycles. The Kier molecular flexibility index (Phi) is 6.39. The average Bonchev–Trinajstić information content (AvgIpc) is 2.48. The van der Waals surface area contributed by atoms with E-state index in [1.165, 1.54) is 10.6 Å². The number of nitrogens with zero attached hydrogens (tertiary/aromatic N) is 2. The van der Waals surface area contributed by atoms with Crippen LogP contribution in [0.15, 0.2) is 23.3 Å². The summed E-state index contributed by atoms with van der Waals surface area (Å²) in [6.45, 7) is 6.37. The van der Waals surface area contributed by atoms with E-state index < -0.39 is 0 Å². The molecular weight excluding hydrogens is 270 g/mol. The van der Waals surface area contributed by atoms with Crippen LogP contribution in [0, 0.1) is 13.8 Å². The van der Waals surface area contributed by atoms with Crippen molar-refractivity contribution in [2.24, 2.45) is 0 Å². The van der Waals surface area contributed by atoms with Crippen molar-refractivity contribution in [1.82, 2.24) is 14.7 Å². The van der Waals surface area contributed by atoms with Crippen LogP contribution in [0.2, 0.25) is 0 Å². The summed E-state index contributed by atoms with van der Waals surface area (Å²) in [5.41, 5.74) is 1.43. The van der Waals surface area contributed by atoms with E-state index in [9.17, 15) is 14.7 Å². The van der Waals surface area contributed by atoms with Gasteiger partial charge in [-0.2, -0.15) is 0 Å². The van der Waals surface area contributed by atoms with Crippen LogP contribution in [-0.4, -0.2) is 27.4 Å². The Bertz CT molecular complexity index is 665. The van der Waals surface area contributed by atoms with Crippen molar-refractivity contribution in [1.29, 1.82) is 0 Å². The van der Waals surface area contributed by atoms with Gasteiger partial charge in [-0.1, -0.05) is 13.3 Å². The summed E-state index contributed by atoms with van der Waals surface area (Å²) >= 11 is 0. The predicted molar refractivity (Wildman–Crippen MR) is 81.6 cm³/mol. The number of carbonyl (C=O) groups is 1. The van der Waals surface area contributed by atoms with E-state index in [1.54, 1.807) is 26.1 Å². The molecule has 0 radical (unpaired) electrons. The Morgan fingerprint density at radius 1 is 1.38 bits per heavy atom. The zero-order valence-electron chi connectivity index (χ0n) is 12.6. The fourth-order valence-corrected chi connectivity index (χ4v) is 1.65. The summed E-state index contributed by atoms with van der Waals surface area (Å²) in [7, 11) is 0. The summed E-state index contributed by atoms with van der Waals surface area (Å²) in [6.07, 6.45) is 6.04. The number of carbonyl (C=O) groups excluding carboxylic acids is 1. The Morgan fingerprint density at radius 3 is 2.71 bits per heavy atom. The normalized spacial score (nSPS) is 9.86. The van der Waals surface area contributed by atoms with Gasteiger partial charge in [-0.15, -0.1) is 0 Å². The molecule has 0 aliphatic carbocycles. The van der Waals surface area contributed by atoms with Crippen LogP contribution < -0.4 is 10.9 Å². The van der Waals surface area contributed by atoms with Crippen LogP contribution in [0.5, 0.6) is 5.75 Å². The third-order valence-corrected chi connectivity index (χ3v) is 2.98. The monoisotopic (exact) mass is 291 g/mol. The van der Waals surface area contributed by atoms with Crippen molar-refractivity contribution in [2.45, 2.75) is 33.6 Å². The maximum atomic E-state index is 11.6. The molecular formula is C15H21N3O3. The van der Waals surface area contributed by atoms with Crippen LogP contribution >= 0.6 is 0 Å². The summed E-state index contributed by atoms with van der Waals surface area (Å²) in [4.78, 5) is 25.2. The van der Waals surface area contributed by atoms with E-state index in [-0.39, 0.29) is 11.3 Å². The topological polar surface area (TPSA) is 83.7 Å². The van der Waals surface area contributed by atoms with Gasteiger partial charge >= 0.3 is 0 Å². The highest BCUT2D eigenvalue weighted by atomic mass is 16.3. The smallest absolute Gasteiger partial charge is 0.260 e. The first-order valence-corrected chi connectivity index (χ1v) is 6.86. The minimum Gasteiger partial charge on any atom is -0.504 e. The molecule has 2 rings (SSSR count). The molecule has 1 amide bonds. The molecule has 2 N–H and O–H groups in total. The lowest BCUT2D eigenvalue weighted by Crippen LogP contribution is -2.16. The first-order chi connectivity index (χ1) is 10.0. The molecule has 2 aromatic rings. The lowest BCUT2D eigenvalue weighted by molar-refractivity contribution is -0.109. The highest BCUT2D eigenvalue weighted by molar-refractivity contribution is 5.56. The molecule has 0 aliphatic heterocycles. The Morgan fingerprint density at radius 2 is 2.10 bits per heavy atom. The van der Waals surface area contributed by atoms with E-state index in [1.807, 2.05) is 0 Å². The highest BCUT2D eigenvalue weighted by Crippen LogP contribution is 2.19. The second-order valence-corrected chi connectivity index (χ2v) is 4.71. The molecule has 0 atom stereocenters. The Labute approximate surface area is 123 Å². The number of fused-ring (bicyclic) bond motifs is 1. The molecule has 0 bridgehead atoms. The molecule has 0 fully saturated rings. The van der Waals surface area contributed by atoms with E-state index >= 15 is 0 Å². The zero-order valence-corrected chi connectivity index (χ0v) is 12.6. The van der Waals surface area contributed by atoms with Crippen LogP contribution in [0.4, 0.5) is 0 Å². The number of amides is 1. The zero-order chi connectivity index (χ0) is 15.8. The van der Waals surface area contributed by atoms with Crippen molar-refractivity contribution in [2.75, 3.05) is 6.54 Å². The van der Waals surface area contributed by atoms with E-state index in [0.717, 1.165) is 25.8 Å². The van der Waals surface area contributed by atoms with Gasteiger partial charge in [0, 0.05) is 24.5 Å². The number of pyridine rings is 1. The van der Waals surface area contributed by atoms with Crippen molar-refractivity contribution in [3.05, 3.63) is 39.9 Å². The summed E-state index contributed by atoms with van der Waals surface area (Å²) in [5, 5.41) is 12.2. The van der Waals surface area contributed by atoms with Gasteiger partial charge in [0.2, 0.25) is 6.41 Å². The fourth-order valence-electron chi connectivity index (χ4n) is 1.65. The van der Waals surface area contributed by atoms with Gasteiger partial charge in [0.15, 0.2) is 11.4 Å². The number of aromatic hydroxyl groups is 1. The number of hydrogen-bond donors (Lipinski definition) is 2. The molecule has 2 aromatic heterocycles. The fraction of sp³-hybridized carbons (Fsp3) is 0.400. The minimum absolute atomic E-state index is 0.0598. The lowest BCUT2D eigenvalue weighted by Gasteiger charge is -2.04. The Hall–Kier alpha value is -2.37. The second kappa shape index (κ2) is 8.04. The quantitative estimate of drug-likeness (QED) is 0.661. The van der Waals surface area contributed by atoms with Gasteiger partial charge in [0.1, 0.15) is 0 Å². The standard InChI is InChI=1S/C10H10N2O2.C5H11NO/c1-6-3-4-12-9(8(6)13)11-5-7(2)10(12)14;1-2-3-4-6-5-7/h3-5,13H,1-2H3;5H,2-4H2,1H3,(H,6,7). The van der Waals surface area contributed by atoms with Crippen molar-refractivity contribution < 1.29 is 9.90 Å². The van der Waals surface area contributed by atoms with Crippen LogP contribution in [0.3, 0.4) is 0 Å². The van der Waals surface area contributed by atoms with Crippen molar-refractivity contribution in [3.63, 3.8) is 0 Å². The second-order valence-electron chi connectivity index (χ2n) is 4.71. The first kappa shape index (κ1) is 16.7. The summed E-state index contributed by atoms with van der Waals surface area (Å²) in [5.74, 6) is 0.0598. The number of hydrogen-bond acceptors (Lipinski definition) is 4. The molecule has 0 spiro atoms. The van der Waals surface area contributed by atoms with Gasteiger partial charge in [-0.05, 0) is 31.9 Å². The molecule has 6 nitrogen and oxygen atoms in total. The third-order valence-electron chi connectivity index (χ3n) is 2.98. The number of aryl methyl sites for hydroxylation is 2. The van der Waals surface area contributed by atoms with E-state index in [0.29, 0.717) is 16.8 Å². The van der Waals surface area contributed by atoms with Crippen molar-refractivity contribution >= 4 is 12.1 Å². The molecule has 0 saturated carbocycles.